The molecule has 5 nitrogen and oxygen atoms in total. The lowest BCUT2D eigenvalue weighted by molar-refractivity contribution is -0.121. The van der Waals surface area contributed by atoms with Gasteiger partial charge < -0.3 is 14.5 Å². The first-order valence-corrected chi connectivity index (χ1v) is 9.78. The van der Waals surface area contributed by atoms with Gasteiger partial charge in [-0.25, -0.2) is 4.98 Å². The first-order chi connectivity index (χ1) is 14.3. The van der Waals surface area contributed by atoms with Gasteiger partial charge >= 0.3 is 0 Å². The van der Waals surface area contributed by atoms with Crippen LogP contribution in [0, 0.1) is 0 Å². The van der Waals surface area contributed by atoms with Crippen LogP contribution in [0.4, 0.5) is 0 Å². The minimum absolute atomic E-state index is 0.0237. The van der Waals surface area contributed by atoms with Crippen LogP contribution in [0.15, 0.2) is 79.0 Å². The highest BCUT2D eigenvalue weighted by Gasteiger charge is 2.30. The van der Waals surface area contributed by atoms with Crippen molar-refractivity contribution in [3.8, 4) is 5.75 Å². The van der Waals surface area contributed by atoms with Gasteiger partial charge in [-0.3, -0.25) is 4.79 Å². The molecule has 4 aromatic rings. The average Bonchev–Trinajstić information content (AvgIpc) is 3.05. The van der Waals surface area contributed by atoms with E-state index in [4.69, 9.17) is 9.72 Å². The standard InChI is InChI=1S/C24H21N3O2/c28-23-14-19(24-20(15-25-23)26-22-12-6-7-13-27(22)24)18-10-4-5-11-21(18)29-16-17-8-2-1-3-9-17/h1-13,19H,14-16H2,(H,25,28). The number of hydrogen-bond acceptors (Lipinski definition) is 3. The normalized spacial score (nSPS) is 16.1. The fourth-order valence-electron chi connectivity index (χ4n) is 3.99. The molecule has 0 saturated carbocycles. The van der Waals surface area contributed by atoms with Gasteiger partial charge in [-0.05, 0) is 23.8 Å². The molecule has 0 fully saturated rings. The zero-order valence-corrected chi connectivity index (χ0v) is 15.9. The van der Waals surface area contributed by atoms with Crippen molar-refractivity contribution in [1.82, 2.24) is 14.7 Å². The number of pyridine rings is 1. The maximum absolute atomic E-state index is 12.5. The summed E-state index contributed by atoms with van der Waals surface area (Å²) in [7, 11) is 0. The lowest BCUT2D eigenvalue weighted by Crippen LogP contribution is -2.21. The second kappa shape index (κ2) is 7.43. The number of carbonyl (C=O) groups excluding carboxylic acids is 1. The van der Waals surface area contributed by atoms with E-state index in [2.05, 4.69) is 15.8 Å². The zero-order chi connectivity index (χ0) is 19.6. The molecule has 0 spiro atoms. The monoisotopic (exact) mass is 383 g/mol. The topological polar surface area (TPSA) is 55.6 Å². The van der Waals surface area contributed by atoms with Crippen LogP contribution in [-0.4, -0.2) is 15.3 Å². The van der Waals surface area contributed by atoms with Crippen LogP contribution >= 0.6 is 0 Å². The summed E-state index contributed by atoms with van der Waals surface area (Å²) >= 11 is 0. The van der Waals surface area contributed by atoms with Crippen molar-refractivity contribution >= 4 is 11.6 Å². The van der Waals surface area contributed by atoms with Crippen LogP contribution < -0.4 is 10.1 Å². The van der Waals surface area contributed by atoms with E-state index >= 15 is 0 Å². The van der Waals surface area contributed by atoms with Crippen molar-refractivity contribution in [1.29, 1.82) is 0 Å². The van der Waals surface area contributed by atoms with Gasteiger partial charge in [-0.1, -0.05) is 54.6 Å². The van der Waals surface area contributed by atoms with E-state index in [-0.39, 0.29) is 11.8 Å². The number of nitrogens with one attached hydrogen (secondary N) is 1. The van der Waals surface area contributed by atoms with Crippen molar-refractivity contribution in [2.45, 2.75) is 25.5 Å². The Morgan fingerprint density at radius 2 is 1.79 bits per heavy atom. The Balaban J connectivity index is 1.57. The van der Waals surface area contributed by atoms with E-state index in [1.807, 2.05) is 72.9 Å². The van der Waals surface area contributed by atoms with Crippen molar-refractivity contribution in [3.05, 3.63) is 102 Å². The van der Waals surface area contributed by atoms with E-state index in [9.17, 15) is 4.79 Å². The highest BCUT2D eigenvalue weighted by Crippen LogP contribution is 2.38. The summed E-state index contributed by atoms with van der Waals surface area (Å²) in [6.07, 6.45) is 2.37. The fourth-order valence-corrected chi connectivity index (χ4v) is 3.99. The minimum atomic E-state index is -0.128. The molecule has 2 aromatic carbocycles. The molecule has 5 rings (SSSR count). The van der Waals surface area contributed by atoms with Crippen LogP contribution in [0.2, 0.25) is 0 Å². The summed E-state index contributed by atoms with van der Waals surface area (Å²) in [4.78, 5) is 17.2. The molecule has 0 radical (unpaired) electrons. The van der Waals surface area contributed by atoms with Crippen LogP contribution in [0.3, 0.4) is 0 Å². The number of fused-ring (bicyclic) bond motifs is 3. The molecule has 0 bridgehead atoms. The fraction of sp³-hybridized carbons (Fsp3) is 0.167. The third-order valence-corrected chi connectivity index (χ3v) is 5.35. The Kier molecular flexibility index (Phi) is 4.48. The number of carbonyl (C=O) groups is 1. The quantitative estimate of drug-likeness (QED) is 0.578. The van der Waals surface area contributed by atoms with Crippen molar-refractivity contribution < 1.29 is 9.53 Å². The van der Waals surface area contributed by atoms with Crippen molar-refractivity contribution in [2.75, 3.05) is 0 Å². The summed E-state index contributed by atoms with van der Waals surface area (Å²) in [6, 6.07) is 24.0. The molecule has 29 heavy (non-hydrogen) atoms. The first-order valence-electron chi connectivity index (χ1n) is 9.78. The predicted molar refractivity (Wildman–Crippen MR) is 111 cm³/mol. The van der Waals surface area contributed by atoms with Crippen LogP contribution in [-0.2, 0) is 17.9 Å². The number of nitrogens with zero attached hydrogens (tertiary/aromatic N) is 2. The van der Waals surface area contributed by atoms with Crippen LogP contribution in [0.5, 0.6) is 5.75 Å². The van der Waals surface area contributed by atoms with Gasteiger partial charge in [0.15, 0.2) is 0 Å². The Morgan fingerprint density at radius 1 is 1.00 bits per heavy atom. The molecule has 1 aliphatic heterocycles. The van der Waals surface area contributed by atoms with Gasteiger partial charge in [0.1, 0.15) is 18.0 Å². The molecular formula is C24H21N3O2. The van der Waals surface area contributed by atoms with E-state index in [0.717, 1.165) is 33.9 Å². The van der Waals surface area contributed by atoms with Crippen LogP contribution in [0.1, 0.15) is 34.9 Å². The summed E-state index contributed by atoms with van der Waals surface area (Å²) < 4.78 is 8.29. The van der Waals surface area contributed by atoms with E-state index in [1.165, 1.54) is 0 Å². The Morgan fingerprint density at radius 3 is 2.69 bits per heavy atom. The lowest BCUT2D eigenvalue weighted by atomic mass is 9.91. The lowest BCUT2D eigenvalue weighted by Gasteiger charge is -2.19. The number of hydrogen-bond donors (Lipinski definition) is 1. The molecule has 1 amide bonds. The minimum Gasteiger partial charge on any atom is -0.489 e. The molecule has 0 saturated heterocycles. The number of aromatic nitrogens is 2. The molecule has 2 aromatic heterocycles. The van der Waals surface area contributed by atoms with Crippen molar-refractivity contribution in [2.24, 2.45) is 0 Å². The van der Waals surface area contributed by atoms with Gasteiger partial charge in [-0.2, -0.15) is 0 Å². The number of rotatable bonds is 4. The summed E-state index contributed by atoms with van der Waals surface area (Å²) in [5.41, 5.74) is 4.96. The second-order valence-electron chi connectivity index (χ2n) is 7.22. The predicted octanol–water partition coefficient (Wildman–Crippen LogP) is 4.07. The van der Waals surface area contributed by atoms with Gasteiger partial charge in [0.2, 0.25) is 5.91 Å². The molecule has 5 heteroatoms. The Hall–Kier alpha value is -3.60. The van der Waals surface area contributed by atoms with E-state index in [1.54, 1.807) is 0 Å². The number of para-hydroxylation sites is 1. The largest absolute Gasteiger partial charge is 0.489 e. The van der Waals surface area contributed by atoms with Gasteiger partial charge in [0.05, 0.1) is 17.9 Å². The molecule has 1 unspecified atom stereocenters. The molecule has 144 valence electrons. The third kappa shape index (κ3) is 3.36. The van der Waals surface area contributed by atoms with Gasteiger partial charge in [0.25, 0.3) is 0 Å². The molecule has 0 aliphatic carbocycles. The number of ether oxygens (including phenoxy) is 1. The number of imidazole rings is 1. The maximum Gasteiger partial charge on any atom is 0.221 e. The Bertz CT molecular complexity index is 1170. The molecule has 1 atom stereocenters. The SMILES string of the molecule is O=C1CC(c2ccccc2OCc2ccccc2)c2c(nc3ccccn23)CN1. The smallest absolute Gasteiger partial charge is 0.221 e. The summed E-state index contributed by atoms with van der Waals surface area (Å²) in [6.45, 7) is 0.927. The maximum atomic E-state index is 12.5. The highest BCUT2D eigenvalue weighted by atomic mass is 16.5. The first kappa shape index (κ1) is 17.5. The number of benzene rings is 2. The van der Waals surface area contributed by atoms with Crippen molar-refractivity contribution in [3.63, 3.8) is 0 Å². The summed E-state index contributed by atoms with van der Waals surface area (Å²) in [5, 5.41) is 2.98. The highest BCUT2D eigenvalue weighted by molar-refractivity contribution is 5.78. The van der Waals surface area contributed by atoms with Crippen LogP contribution in [0.25, 0.3) is 5.65 Å². The zero-order valence-electron chi connectivity index (χ0n) is 15.9. The second-order valence-corrected chi connectivity index (χ2v) is 7.22. The molecule has 1 aliphatic rings. The molecule has 3 heterocycles. The Labute approximate surface area is 169 Å². The van der Waals surface area contributed by atoms with Gasteiger partial charge in [-0.15, -0.1) is 0 Å². The number of amides is 1. The van der Waals surface area contributed by atoms with Gasteiger partial charge in [0, 0.05) is 24.1 Å². The third-order valence-electron chi connectivity index (χ3n) is 5.35. The molecule has 1 N–H and O–H groups in total. The summed E-state index contributed by atoms with van der Waals surface area (Å²) in [5.74, 6) is 0.695. The van der Waals surface area contributed by atoms with E-state index < -0.39 is 0 Å². The van der Waals surface area contributed by atoms with E-state index in [0.29, 0.717) is 19.6 Å². The average molecular weight is 383 g/mol. The molecular weight excluding hydrogens is 362 g/mol.